The summed E-state index contributed by atoms with van der Waals surface area (Å²) in [5.41, 5.74) is -2.06. The molecule has 3 aromatic rings. The third kappa shape index (κ3) is 3.88. The van der Waals surface area contributed by atoms with Crippen molar-refractivity contribution < 1.29 is 42.5 Å². The molecule has 0 aliphatic carbocycles. The van der Waals surface area contributed by atoms with Crippen LogP contribution in [0.15, 0.2) is 44.6 Å². The number of hydrogen-bond donors (Lipinski definition) is 3. The molecule has 0 radical (unpaired) electrons. The first-order valence-electron chi connectivity index (χ1n) is 9.18. The number of hydrogen-bond acceptors (Lipinski definition) is 9. The van der Waals surface area contributed by atoms with E-state index >= 15 is 0 Å². The summed E-state index contributed by atoms with van der Waals surface area (Å²) in [5, 5.41) is 32.8. The zero-order valence-corrected chi connectivity index (χ0v) is 16.0. The molecule has 2 aromatic heterocycles. The first-order chi connectivity index (χ1) is 15.1. The number of ether oxygens (including phenoxy) is 2. The minimum Gasteiger partial charge on any atom is -0.405 e. The predicted molar refractivity (Wildman–Crippen MR) is 97.8 cm³/mol. The van der Waals surface area contributed by atoms with Crippen LogP contribution in [0.2, 0.25) is 0 Å². The molecule has 1 aromatic carbocycles. The van der Waals surface area contributed by atoms with E-state index in [2.05, 4.69) is 9.89 Å². The van der Waals surface area contributed by atoms with Crippen molar-refractivity contribution in [3.8, 4) is 5.75 Å². The Morgan fingerprint density at radius 1 is 1.16 bits per heavy atom. The van der Waals surface area contributed by atoms with E-state index in [4.69, 9.17) is 9.26 Å². The molecule has 1 fully saturated rings. The van der Waals surface area contributed by atoms with Gasteiger partial charge in [0.05, 0.1) is 18.5 Å². The molecule has 4 rings (SSSR count). The number of benzene rings is 1. The lowest BCUT2D eigenvalue weighted by Crippen LogP contribution is -2.43. The number of nitrogens with zero attached hydrogens (tertiary/aromatic N) is 3. The normalized spacial score (nSPS) is 23.7. The summed E-state index contributed by atoms with van der Waals surface area (Å²) < 4.78 is 54.0. The van der Waals surface area contributed by atoms with Crippen LogP contribution in [0, 0.1) is 0 Å². The average molecular weight is 459 g/mol. The number of halogens is 3. The van der Waals surface area contributed by atoms with E-state index in [0.717, 1.165) is 22.9 Å². The van der Waals surface area contributed by atoms with Gasteiger partial charge in [-0.15, -0.1) is 13.2 Å². The van der Waals surface area contributed by atoms with Crippen LogP contribution in [0.4, 0.5) is 13.2 Å². The number of aromatic nitrogens is 3. The van der Waals surface area contributed by atoms with Gasteiger partial charge >= 0.3 is 12.1 Å². The average Bonchev–Trinajstić information content (AvgIpc) is 3.26. The number of rotatable bonds is 5. The van der Waals surface area contributed by atoms with Crippen LogP contribution in [-0.2, 0) is 11.3 Å². The maximum Gasteiger partial charge on any atom is 0.573 e. The quantitative estimate of drug-likeness (QED) is 0.468. The molecule has 14 heteroatoms. The highest BCUT2D eigenvalue weighted by Gasteiger charge is 2.44. The molecule has 0 spiro atoms. The van der Waals surface area contributed by atoms with Gasteiger partial charge in [-0.25, -0.2) is 4.79 Å². The second kappa shape index (κ2) is 8.05. The van der Waals surface area contributed by atoms with E-state index in [9.17, 15) is 38.1 Å². The van der Waals surface area contributed by atoms with Crippen LogP contribution in [-0.4, -0.2) is 60.9 Å². The van der Waals surface area contributed by atoms with Gasteiger partial charge in [0, 0.05) is 12.3 Å². The molecule has 3 heterocycles. The Kier molecular flexibility index (Phi) is 5.54. The monoisotopic (exact) mass is 459 g/mol. The van der Waals surface area contributed by atoms with Gasteiger partial charge in [-0.05, 0) is 12.1 Å². The second-order valence-corrected chi connectivity index (χ2v) is 6.97. The van der Waals surface area contributed by atoms with Gasteiger partial charge < -0.3 is 29.3 Å². The van der Waals surface area contributed by atoms with Crippen molar-refractivity contribution in [3.63, 3.8) is 0 Å². The molecular weight excluding hydrogens is 443 g/mol. The number of aliphatic hydroxyl groups excluding tert-OH is 3. The predicted octanol–water partition coefficient (Wildman–Crippen LogP) is -0.290. The fourth-order valence-electron chi connectivity index (χ4n) is 3.47. The van der Waals surface area contributed by atoms with E-state index in [-0.39, 0.29) is 16.7 Å². The maximum atomic E-state index is 12.9. The van der Waals surface area contributed by atoms with Gasteiger partial charge in [-0.2, -0.15) is 0 Å². The minimum absolute atomic E-state index is 0.0606. The molecule has 32 heavy (non-hydrogen) atoms. The lowest BCUT2D eigenvalue weighted by molar-refractivity contribution is -0.274. The summed E-state index contributed by atoms with van der Waals surface area (Å²) in [6.45, 7) is -1.21. The summed E-state index contributed by atoms with van der Waals surface area (Å²) >= 11 is 0. The largest absolute Gasteiger partial charge is 0.573 e. The number of aliphatic hydroxyl groups is 3. The van der Waals surface area contributed by atoms with E-state index in [0.29, 0.717) is 4.57 Å². The van der Waals surface area contributed by atoms with Gasteiger partial charge in [0.1, 0.15) is 29.8 Å². The summed E-state index contributed by atoms with van der Waals surface area (Å²) in [7, 11) is 0. The highest BCUT2D eigenvalue weighted by molar-refractivity contribution is 5.86. The molecule has 11 nitrogen and oxygen atoms in total. The standard InChI is InChI=1S/C18H16F3N3O8/c19-18(20,21)31-9-2-1-3-10-13(9)8(22-32-10)6-24-12(26)4-5-23(17(24)29)16-15(28)14(27)11(7-25)30-16/h1-5,11,14-16,25,27-28H,6-7H2/t11-,14+,15?,16-/m1/s1. The lowest BCUT2D eigenvalue weighted by atomic mass is 10.1. The Labute approximate surface area is 175 Å². The third-order valence-electron chi connectivity index (χ3n) is 4.95. The molecule has 3 N–H and O–H groups in total. The van der Waals surface area contributed by atoms with E-state index in [1.165, 1.54) is 12.1 Å². The minimum atomic E-state index is -5.00. The van der Waals surface area contributed by atoms with Crippen LogP contribution in [0.5, 0.6) is 5.75 Å². The number of fused-ring (bicyclic) bond motifs is 1. The highest BCUT2D eigenvalue weighted by Crippen LogP contribution is 2.33. The summed E-state index contributed by atoms with van der Waals surface area (Å²) in [4.78, 5) is 25.3. The molecule has 1 saturated heterocycles. The number of alkyl halides is 3. The Bertz CT molecular complexity index is 1250. The van der Waals surface area contributed by atoms with Crippen molar-refractivity contribution >= 4 is 11.0 Å². The summed E-state index contributed by atoms with van der Waals surface area (Å²) in [6, 6.07) is 4.58. The van der Waals surface area contributed by atoms with E-state index in [1.54, 1.807) is 0 Å². The van der Waals surface area contributed by atoms with Crippen LogP contribution in [0.25, 0.3) is 11.0 Å². The molecule has 1 unspecified atom stereocenters. The molecule has 4 atom stereocenters. The van der Waals surface area contributed by atoms with Crippen molar-refractivity contribution in [2.45, 2.75) is 37.4 Å². The Morgan fingerprint density at radius 2 is 1.91 bits per heavy atom. The van der Waals surface area contributed by atoms with Crippen molar-refractivity contribution in [1.82, 2.24) is 14.3 Å². The molecule has 0 saturated carbocycles. The van der Waals surface area contributed by atoms with Gasteiger partial charge in [-0.1, -0.05) is 11.2 Å². The van der Waals surface area contributed by atoms with Crippen LogP contribution < -0.4 is 16.0 Å². The van der Waals surface area contributed by atoms with Gasteiger partial charge in [0.2, 0.25) is 0 Å². The second-order valence-electron chi connectivity index (χ2n) is 6.97. The molecule has 1 aliphatic heterocycles. The highest BCUT2D eigenvalue weighted by atomic mass is 19.4. The molecule has 1 aliphatic rings. The summed E-state index contributed by atoms with van der Waals surface area (Å²) in [5.74, 6) is -0.626. The molecule has 0 amide bonds. The van der Waals surface area contributed by atoms with Crippen molar-refractivity contribution in [1.29, 1.82) is 0 Å². The third-order valence-corrected chi connectivity index (χ3v) is 4.95. The zero-order valence-electron chi connectivity index (χ0n) is 16.0. The van der Waals surface area contributed by atoms with Crippen LogP contribution >= 0.6 is 0 Å². The van der Waals surface area contributed by atoms with Crippen molar-refractivity contribution in [3.05, 3.63) is 57.0 Å². The Hall–Kier alpha value is -3.20. The fraction of sp³-hybridized carbons (Fsp3) is 0.389. The Morgan fingerprint density at radius 3 is 2.56 bits per heavy atom. The molecule has 0 bridgehead atoms. The van der Waals surface area contributed by atoms with Gasteiger partial charge in [0.15, 0.2) is 11.8 Å². The van der Waals surface area contributed by atoms with E-state index < -0.39 is 61.1 Å². The zero-order chi connectivity index (χ0) is 23.2. The first kappa shape index (κ1) is 22.0. The van der Waals surface area contributed by atoms with Crippen molar-refractivity contribution in [2.75, 3.05) is 6.61 Å². The molecule has 172 valence electrons. The SMILES string of the molecule is O=c1ccn([C@@H]2O[C@H](CO)[C@H](O)C2O)c(=O)n1Cc1noc2cccc(OC(F)(F)F)c12. The lowest BCUT2D eigenvalue weighted by Gasteiger charge is -2.18. The first-order valence-corrected chi connectivity index (χ1v) is 9.18. The van der Waals surface area contributed by atoms with Crippen LogP contribution in [0.3, 0.4) is 0 Å². The maximum absolute atomic E-state index is 12.9. The summed E-state index contributed by atoms with van der Waals surface area (Å²) in [6.07, 6.45) is -9.63. The van der Waals surface area contributed by atoms with Crippen molar-refractivity contribution in [2.24, 2.45) is 0 Å². The Balaban J connectivity index is 1.75. The van der Waals surface area contributed by atoms with Crippen LogP contribution in [0.1, 0.15) is 11.9 Å². The molecular formula is C18H16F3N3O8. The topological polar surface area (TPSA) is 149 Å². The smallest absolute Gasteiger partial charge is 0.405 e. The van der Waals surface area contributed by atoms with Gasteiger partial charge in [-0.3, -0.25) is 13.9 Å². The van der Waals surface area contributed by atoms with Gasteiger partial charge in [0.25, 0.3) is 5.56 Å². The van der Waals surface area contributed by atoms with E-state index in [1.807, 2.05) is 0 Å². The fourth-order valence-corrected chi connectivity index (χ4v) is 3.47.